The average molecular weight is 402 g/mol. The second-order valence-corrected chi connectivity index (χ2v) is 8.97. The molecule has 2 aromatic carbocycles. The number of benzene rings is 2. The van der Waals surface area contributed by atoms with Crippen molar-refractivity contribution >= 4 is 33.0 Å². The second kappa shape index (κ2) is 8.65. The normalized spacial score (nSPS) is 14.6. The number of hydrogen-bond donors (Lipinski definition) is 1. The molecule has 150 valence electrons. The van der Waals surface area contributed by atoms with E-state index >= 15 is 0 Å². The van der Waals surface area contributed by atoms with Gasteiger partial charge in [-0.25, -0.2) is 8.42 Å². The number of amides is 1. The van der Waals surface area contributed by atoms with Gasteiger partial charge in [0.1, 0.15) is 5.75 Å². The molecule has 1 aliphatic heterocycles. The Morgan fingerprint density at radius 3 is 2.21 bits per heavy atom. The fourth-order valence-electron chi connectivity index (χ4n) is 3.28. The summed E-state index contributed by atoms with van der Waals surface area (Å²) >= 11 is 0. The number of carbonyl (C=O) groups excluding carboxylic acids is 1. The van der Waals surface area contributed by atoms with Crippen LogP contribution in [0.5, 0.6) is 0 Å². The summed E-state index contributed by atoms with van der Waals surface area (Å²) in [6.07, 6.45) is 3.63. The molecule has 0 saturated carbocycles. The summed E-state index contributed by atoms with van der Waals surface area (Å²) in [6.45, 7) is 4.02. The lowest BCUT2D eigenvalue weighted by atomic mass is 10.1. The molecule has 0 spiro atoms. The highest BCUT2D eigenvalue weighted by molar-refractivity contribution is 7.93. The summed E-state index contributed by atoms with van der Waals surface area (Å²) < 4.78 is 27.3. The number of rotatable bonds is 6. The van der Waals surface area contributed by atoms with Crippen LogP contribution < -0.4 is 14.5 Å². The minimum Gasteiger partial charge on any atom is -0.372 e. The molecular formula is C21H27N3O3S. The van der Waals surface area contributed by atoms with Crippen LogP contribution in [0.4, 0.5) is 17.1 Å². The summed E-state index contributed by atoms with van der Waals surface area (Å²) in [5.74, 6) is -1.09. The SMILES string of the molecule is Cc1ccc(N(C)C(=O)CS(=O)(=O)Nc2ccc(N3CCCCC3)cc2)cc1. The topological polar surface area (TPSA) is 69.7 Å². The first-order chi connectivity index (χ1) is 13.3. The Balaban J connectivity index is 1.61. The number of anilines is 3. The largest absolute Gasteiger partial charge is 0.372 e. The number of hydrogen-bond acceptors (Lipinski definition) is 4. The molecule has 6 nitrogen and oxygen atoms in total. The Kier molecular flexibility index (Phi) is 6.24. The van der Waals surface area contributed by atoms with E-state index in [1.165, 1.54) is 24.2 Å². The van der Waals surface area contributed by atoms with E-state index in [9.17, 15) is 13.2 Å². The van der Waals surface area contributed by atoms with Crippen molar-refractivity contribution in [3.05, 3.63) is 54.1 Å². The highest BCUT2D eigenvalue weighted by Gasteiger charge is 2.21. The molecule has 1 aliphatic rings. The molecule has 1 saturated heterocycles. The molecule has 3 rings (SSSR count). The third kappa shape index (κ3) is 5.25. The first-order valence-corrected chi connectivity index (χ1v) is 11.2. The Hall–Kier alpha value is -2.54. The Morgan fingerprint density at radius 1 is 1.00 bits per heavy atom. The monoisotopic (exact) mass is 401 g/mol. The van der Waals surface area contributed by atoms with Crippen LogP contribution in [0.25, 0.3) is 0 Å². The summed E-state index contributed by atoms with van der Waals surface area (Å²) in [4.78, 5) is 16.1. The highest BCUT2D eigenvalue weighted by atomic mass is 32.2. The van der Waals surface area contributed by atoms with Crippen molar-refractivity contribution in [2.24, 2.45) is 0 Å². The average Bonchev–Trinajstić information content (AvgIpc) is 2.68. The number of nitrogens with zero attached hydrogens (tertiary/aromatic N) is 2. The molecule has 1 fully saturated rings. The van der Waals surface area contributed by atoms with E-state index in [1.807, 2.05) is 31.2 Å². The molecule has 7 heteroatoms. The standard InChI is InChI=1S/C21H27N3O3S/c1-17-6-10-19(11-7-17)23(2)21(25)16-28(26,27)22-18-8-12-20(13-9-18)24-14-4-3-5-15-24/h6-13,22H,3-5,14-16H2,1-2H3. The fourth-order valence-corrected chi connectivity index (χ4v) is 4.37. The van der Waals surface area contributed by atoms with Crippen LogP contribution in [-0.2, 0) is 14.8 Å². The second-order valence-electron chi connectivity index (χ2n) is 7.24. The number of nitrogens with one attached hydrogen (secondary N) is 1. The van der Waals surface area contributed by atoms with Gasteiger partial charge in [0.15, 0.2) is 0 Å². The third-order valence-corrected chi connectivity index (χ3v) is 6.14. The van der Waals surface area contributed by atoms with Crippen LogP contribution in [-0.4, -0.2) is 40.2 Å². The third-order valence-electron chi connectivity index (χ3n) is 4.97. The Morgan fingerprint density at radius 2 is 1.61 bits per heavy atom. The zero-order chi connectivity index (χ0) is 20.1. The van der Waals surface area contributed by atoms with Crippen LogP contribution in [0.2, 0.25) is 0 Å². The first kappa shape index (κ1) is 20.2. The molecule has 2 aromatic rings. The minimum atomic E-state index is -3.79. The van der Waals surface area contributed by atoms with Gasteiger partial charge >= 0.3 is 0 Å². The lowest BCUT2D eigenvalue weighted by molar-refractivity contribution is -0.115. The summed E-state index contributed by atoms with van der Waals surface area (Å²) in [5.41, 5.74) is 3.30. The van der Waals surface area contributed by atoms with Crippen molar-refractivity contribution in [3.8, 4) is 0 Å². The maximum absolute atomic E-state index is 12.4. The minimum absolute atomic E-state index is 0.464. The van der Waals surface area contributed by atoms with Crippen molar-refractivity contribution < 1.29 is 13.2 Å². The zero-order valence-corrected chi connectivity index (χ0v) is 17.2. The van der Waals surface area contributed by atoms with E-state index < -0.39 is 21.7 Å². The first-order valence-electron chi connectivity index (χ1n) is 9.53. The van der Waals surface area contributed by atoms with Crippen molar-refractivity contribution in [3.63, 3.8) is 0 Å². The quantitative estimate of drug-likeness (QED) is 0.806. The summed E-state index contributed by atoms with van der Waals surface area (Å²) in [6, 6.07) is 14.7. The van der Waals surface area contributed by atoms with Crippen LogP contribution in [0.15, 0.2) is 48.5 Å². The van der Waals surface area contributed by atoms with Gasteiger partial charge in [0, 0.05) is 37.2 Å². The lowest BCUT2D eigenvalue weighted by Gasteiger charge is -2.28. The molecule has 0 aliphatic carbocycles. The molecule has 28 heavy (non-hydrogen) atoms. The number of carbonyl (C=O) groups is 1. The van der Waals surface area contributed by atoms with Crippen molar-refractivity contribution in [2.45, 2.75) is 26.2 Å². The van der Waals surface area contributed by atoms with Crippen LogP contribution in [0.1, 0.15) is 24.8 Å². The van der Waals surface area contributed by atoms with Gasteiger partial charge in [-0.1, -0.05) is 17.7 Å². The van der Waals surface area contributed by atoms with Gasteiger partial charge < -0.3 is 9.80 Å². The maximum atomic E-state index is 12.4. The molecule has 0 aromatic heterocycles. The smallest absolute Gasteiger partial charge is 0.243 e. The molecule has 0 radical (unpaired) electrons. The predicted octanol–water partition coefficient (Wildman–Crippen LogP) is 3.39. The van der Waals surface area contributed by atoms with E-state index in [0.717, 1.165) is 24.3 Å². The van der Waals surface area contributed by atoms with Gasteiger partial charge in [0.2, 0.25) is 15.9 Å². The summed E-state index contributed by atoms with van der Waals surface area (Å²) in [5, 5.41) is 0. The van der Waals surface area contributed by atoms with E-state index in [4.69, 9.17) is 0 Å². The molecular weight excluding hydrogens is 374 g/mol. The molecule has 0 unspecified atom stereocenters. The van der Waals surface area contributed by atoms with E-state index in [1.54, 1.807) is 31.3 Å². The van der Waals surface area contributed by atoms with Gasteiger partial charge in [0.05, 0.1) is 0 Å². The van der Waals surface area contributed by atoms with Crippen molar-refractivity contribution in [1.82, 2.24) is 0 Å². The van der Waals surface area contributed by atoms with Gasteiger partial charge in [0.25, 0.3) is 0 Å². The van der Waals surface area contributed by atoms with Crippen LogP contribution in [0.3, 0.4) is 0 Å². The van der Waals surface area contributed by atoms with E-state index in [-0.39, 0.29) is 0 Å². The Bertz CT molecular complexity index is 903. The van der Waals surface area contributed by atoms with Crippen molar-refractivity contribution in [1.29, 1.82) is 0 Å². The van der Waals surface area contributed by atoms with E-state index in [0.29, 0.717) is 11.4 Å². The number of sulfonamides is 1. The summed E-state index contributed by atoms with van der Waals surface area (Å²) in [7, 11) is -2.21. The van der Waals surface area contributed by atoms with Gasteiger partial charge in [-0.05, 0) is 62.6 Å². The van der Waals surface area contributed by atoms with Gasteiger partial charge in [-0.3, -0.25) is 9.52 Å². The number of aryl methyl sites for hydroxylation is 1. The molecule has 1 N–H and O–H groups in total. The predicted molar refractivity (Wildman–Crippen MR) is 115 cm³/mol. The molecule has 1 heterocycles. The highest BCUT2D eigenvalue weighted by Crippen LogP contribution is 2.22. The van der Waals surface area contributed by atoms with Crippen LogP contribution >= 0.6 is 0 Å². The van der Waals surface area contributed by atoms with Gasteiger partial charge in [-0.2, -0.15) is 0 Å². The zero-order valence-electron chi connectivity index (χ0n) is 16.4. The molecule has 1 amide bonds. The Labute approximate surface area is 167 Å². The van der Waals surface area contributed by atoms with E-state index in [2.05, 4.69) is 9.62 Å². The van der Waals surface area contributed by atoms with Crippen LogP contribution in [0, 0.1) is 6.92 Å². The van der Waals surface area contributed by atoms with Crippen molar-refractivity contribution in [2.75, 3.05) is 40.4 Å². The lowest BCUT2D eigenvalue weighted by Crippen LogP contribution is -2.34. The molecule has 0 atom stereocenters. The molecule has 0 bridgehead atoms. The maximum Gasteiger partial charge on any atom is 0.243 e. The van der Waals surface area contributed by atoms with Gasteiger partial charge in [-0.15, -0.1) is 0 Å². The fraction of sp³-hybridized carbons (Fsp3) is 0.381. The number of piperidine rings is 1.